The maximum Gasteiger partial charge on any atom is 0.282 e. The van der Waals surface area contributed by atoms with E-state index >= 15 is 0 Å². The largest absolute Gasteiger partial charge is 0.494 e. The van der Waals surface area contributed by atoms with Crippen LogP contribution in [-0.4, -0.2) is 31.5 Å². The van der Waals surface area contributed by atoms with Crippen molar-refractivity contribution in [3.05, 3.63) is 45.8 Å². The number of likely N-dealkylation sites (N-methyl/N-ethyl adjacent to an activating group) is 1. The van der Waals surface area contributed by atoms with Gasteiger partial charge in [-0.15, -0.1) is 11.3 Å². The first kappa shape index (κ1) is 20.4. The molecule has 0 bridgehead atoms. The molecular weight excluding hydrogens is 374 g/mol. The number of nitrogens with two attached hydrogens (primary N) is 1. The number of nitrogens with one attached hydrogen (secondary N) is 2. The van der Waals surface area contributed by atoms with Gasteiger partial charge in [-0.25, -0.2) is 0 Å². The number of carbonyl (C=O) groups excluding carboxylic acids is 2. The molecule has 2 aromatic rings. The molecule has 3 rings (SSSR count). The van der Waals surface area contributed by atoms with Crippen LogP contribution in [0, 0.1) is 0 Å². The Morgan fingerprint density at radius 2 is 2.00 bits per heavy atom. The molecule has 4 N–H and O–H groups in total. The van der Waals surface area contributed by atoms with Crippen LogP contribution in [0.4, 0.5) is 5.00 Å². The number of ether oxygens (including phenoxy) is 1. The zero-order valence-corrected chi connectivity index (χ0v) is 17.4. The summed E-state index contributed by atoms with van der Waals surface area (Å²) in [4.78, 5) is 26.9. The fourth-order valence-corrected chi connectivity index (χ4v) is 4.84. The predicted molar refractivity (Wildman–Crippen MR) is 111 cm³/mol. The summed E-state index contributed by atoms with van der Waals surface area (Å²) < 4.78 is 5.47. The number of primary amides is 1. The molecule has 0 fully saturated rings. The number of carbonyl (C=O) groups is 2. The molecule has 7 heteroatoms. The second-order valence-corrected chi connectivity index (χ2v) is 8.34. The van der Waals surface area contributed by atoms with Gasteiger partial charge in [0.05, 0.1) is 19.2 Å². The summed E-state index contributed by atoms with van der Waals surface area (Å²) in [5.74, 6) is 0.280. The minimum Gasteiger partial charge on any atom is -0.494 e. The van der Waals surface area contributed by atoms with Crippen LogP contribution in [0.1, 0.15) is 46.6 Å². The second-order valence-electron chi connectivity index (χ2n) is 7.24. The molecule has 2 amide bonds. The molecular formula is C21H28N3O3S+. The lowest BCUT2D eigenvalue weighted by atomic mass is 10.1. The molecule has 0 aliphatic heterocycles. The van der Waals surface area contributed by atoms with E-state index in [1.54, 1.807) is 0 Å². The number of aryl methyl sites for hydroxylation is 1. The fraction of sp³-hybridized carbons (Fsp3) is 0.429. The molecule has 28 heavy (non-hydrogen) atoms. The maximum absolute atomic E-state index is 12.8. The Hall–Kier alpha value is -2.38. The number of quaternary nitrogens is 1. The van der Waals surface area contributed by atoms with Gasteiger partial charge >= 0.3 is 0 Å². The van der Waals surface area contributed by atoms with Crippen LogP contribution in [0.15, 0.2) is 24.3 Å². The van der Waals surface area contributed by atoms with Crippen molar-refractivity contribution < 1.29 is 19.2 Å². The van der Waals surface area contributed by atoms with Gasteiger partial charge in [-0.1, -0.05) is 0 Å². The lowest BCUT2D eigenvalue weighted by Crippen LogP contribution is -3.12. The lowest BCUT2D eigenvalue weighted by Gasteiger charge is -2.21. The van der Waals surface area contributed by atoms with Crippen LogP contribution in [0.25, 0.3) is 0 Å². The third kappa shape index (κ3) is 4.36. The van der Waals surface area contributed by atoms with Gasteiger partial charge in [-0.3, -0.25) is 9.59 Å². The van der Waals surface area contributed by atoms with Crippen molar-refractivity contribution in [3.8, 4) is 5.75 Å². The van der Waals surface area contributed by atoms with Crippen molar-refractivity contribution in [3.63, 3.8) is 0 Å². The van der Waals surface area contributed by atoms with Crippen LogP contribution >= 0.6 is 11.3 Å². The zero-order valence-electron chi connectivity index (χ0n) is 16.6. The first-order valence-electron chi connectivity index (χ1n) is 9.70. The molecule has 1 aliphatic rings. The van der Waals surface area contributed by atoms with Crippen LogP contribution < -0.4 is 20.7 Å². The minimum atomic E-state index is -0.461. The van der Waals surface area contributed by atoms with E-state index in [0.717, 1.165) is 41.0 Å². The molecule has 0 saturated carbocycles. The normalized spacial score (nSPS) is 15.0. The highest BCUT2D eigenvalue weighted by molar-refractivity contribution is 7.17. The average Bonchev–Trinajstić information content (AvgIpc) is 3.23. The van der Waals surface area contributed by atoms with Crippen molar-refractivity contribution in [2.45, 2.75) is 45.7 Å². The molecule has 1 aromatic carbocycles. The number of anilines is 1. The molecule has 6 nitrogen and oxygen atoms in total. The first-order valence-corrected chi connectivity index (χ1v) is 10.5. The molecule has 1 heterocycles. The summed E-state index contributed by atoms with van der Waals surface area (Å²) in [5.41, 5.74) is 8.24. The third-order valence-electron chi connectivity index (χ3n) is 5.25. The molecule has 2 atom stereocenters. The number of rotatable bonds is 8. The van der Waals surface area contributed by atoms with Gasteiger partial charge in [0, 0.05) is 10.4 Å². The molecule has 0 spiro atoms. The van der Waals surface area contributed by atoms with E-state index in [1.165, 1.54) is 16.2 Å². The number of hydrogen-bond donors (Lipinski definition) is 3. The Labute approximate surface area is 169 Å². The summed E-state index contributed by atoms with van der Waals surface area (Å²) in [6.45, 7) is 5.20. The average molecular weight is 403 g/mol. The fourth-order valence-electron chi connectivity index (χ4n) is 3.54. The highest BCUT2D eigenvalue weighted by Gasteiger charge is 2.29. The van der Waals surface area contributed by atoms with Crippen molar-refractivity contribution in [1.82, 2.24) is 0 Å². The number of benzene rings is 1. The molecule has 0 radical (unpaired) electrons. The smallest absolute Gasteiger partial charge is 0.282 e. The van der Waals surface area contributed by atoms with E-state index < -0.39 is 5.91 Å². The molecule has 1 aliphatic carbocycles. The van der Waals surface area contributed by atoms with Gasteiger partial charge in [-0.05, 0) is 62.9 Å². The van der Waals surface area contributed by atoms with E-state index in [-0.39, 0.29) is 11.9 Å². The summed E-state index contributed by atoms with van der Waals surface area (Å²) in [6, 6.07) is 7.67. The summed E-state index contributed by atoms with van der Waals surface area (Å²) in [5, 5.41) is 3.55. The topological polar surface area (TPSA) is 85.9 Å². The number of hydrogen-bond acceptors (Lipinski definition) is 4. The first-order chi connectivity index (χ1) is 13.4. The molecule has 150 valence electrons. The van der Waals surface area contributed by atoms with Crippen LogP contribution in [0.5, 0.6) is 5.75 Å². The number of fused-ring (bicyclic) bond motifs is 1. The zero-order chi connectivity index (χ0) is 20.3. The number of thiophene rings is 1. The van der Waals surface area contributed by atoms with E-state index in [2.05, 4.69) is 5.32 Å². The van der Waals surface area contributed by atoms with Crippen molar-refractivity contribution in [2.75, 3.05) is 19.0 Å². The Balaban J connectivity index is 1.65. The van der Waals surface area contributed by atoms with Gasteiger partial charge in [0.2, 0.25) is 0 Å². The van der Waals surface area contributed by atoms with Gasteiger partial charge in [0.25, 0.3) is 11.8 Å². The van der Waals surface area contributed by atoms with Crippen molar-refractivity contribution >= 4 is 28.2 Å². The Kier molecular flexibility index (Phi) is 6.36. The Bertz CT molecular complexity index is 861. The van der Waals surface area contributed by atoms with Crippen molar-refractivity contribution in [2.24, 2.45) is 5.73 Å². The predicted octanol–water partition coefficient (Wildman–Crippen LogP) is 1.78. The standard InChI is InChI=1S/C21H27N3O3S/c1-4-27-15-10-8-14(9-11-15)12-24(3)13(2)20(26)23-21-18(19(22)25)16-6-5-7-17(16)28-21/h8-11,13H,4-7,12H2,1-3H3,(H2,22,25)(H,23,26)/p+1/t13-/m1/s1. The summed E-state index contributed by atoms with van der Waals surface area (Å²) in [7, 11) is 1.99. The van der Waals surface area contributed by atoms with Crippen LogP contribution in [-0.2, 0) is 24.2 Å². The number of amides is 2. The SMILES string of the molecule is CCOc1ccc(C[NH+](C)[C@H](C)C(=O)Nc2sc3c(c2C(N)=O)CCC3)cc1. The molecule has 1 unspecified atom stereocenters. The van der Waals surface area contributed by atoms with Gasteiger partial charge in [0.15, 0.2) is 6.04 Å². The third-order valence-corrected chi connectivity index (χ3v) is 6.46. The monoisotopic (exact) mass is 402 g/mol. The second kappa shape index (κ2) is 8.75. The van der Waals surface area contributed by atoms with Crippen molar-refractivity contribution in [1.29, 1.82) is 0 Å². The molecule has 1 aromatic heterocycles. The Morgan fingerprint density at radius 3 is 2.64 bits per heavy atom. The maximum atomic E-state index is 12.8. The van der Waals surface area contributed by atoms with Crippen LogP contribution in [0.3, 0.4) is 0 Å². The van der Waals surface area contributed by atoms with Gasteiger partial charge < -0.3 is 20.7 Å². The van der Waals surface area contributed by atoms with E-state index in [9.17, 15) is 9.59 Å². The van der Waals surface area contributed by atoms with Gasteiger partial charge in [-0.2, -0.15) is 0 Å². The summed E-state index contributed by atoms with van der Waals surface area (Å²) >= 11 is 1.49. The quantitative estimate of drug-likeness (QED) is 0.629. The highest BCUT2D eigenvalue weighted by Crippen LogP contribution is 2.38. The molecule has 0 saturated heterocycles. The van der Waals surface area contributed by atoms with E-state index in [0.29, 0.717) is 23.7 Å². The van der Waals surface area contributed by atoms with E-state index in [4.69, 9.17) is 10.5 Å². The minimum absolute atomic E-state index is 0.106. The summed E-state index contributed by atoms with van der Waals surface area (Å²) in [6.07, 6.45) is 2.86. The van der Waals surface area contributed by atoms with Gasteiger partial charge in [0.1, 0.15) is 17.3 Å². The highest BCUT2D eigenvalue weighted by atomic mass is 32.1. The van der Waals surface area contributed by atoms with E-state index in [1.807, 2.05) is 45.2 Å². The van der Waals surface area contributed by atoms with Crippen LogP contribution in [0.2, 0.25) is 0 Å². The lowest BCUT2D eigenvalue weighted by molar-refractivity contribution is -0.907. The Morgan fingerprint density at radius 1 is 1.29 bits per heavy atom.